The Morgan fingerprint density at radius 3 is 2.68 bits per heavy atom. The van der Waals surface area contributed by atoms with Crippen molar-refractivity contribution in [1.29, 1.82) is 0 Å². The van der Waals surface area contributed by atoms with Crippen molar-refractivity contribution in [2.45, 2.75) is 38.1 Å². The fraction of sp³-hybridized carbons (Fsp3) is 0.652. The van der Waals surface area contributed by atoms with Gasteiger partial charge in [-0.2, -0.15) is 0 Å². The van der Waals surface area contributed by atoms with Crippen LogP contribution in [0, 0.1) is 5.92 Å². The highest BCUT2D eigenvalue weighted by Crippen LogP contribution is 2.30. The minimum Gasteiger partial charge on any atom is -0.495 e. The van der Waals surface area contributed by atoms with Crippen molar-refractivity contribution in [2.75, 3.05) is 58.3 Å². The number of aliphatic imine (C=N–C) groups is 1. The van der Waals surface area contributed by atoms with Gasteiger partial charge in [-0.25, -0.2) is 0 Å². The molecule has 0 aliphatic carbocycles. The number of nitrogens with two attached hydrogens (primary N) is 1. The lowest BCUT2D eigenvalue weighted by Gasteiger charge is -2.30. The number of hydrogen-bond acceptors (Lipinski definition) is 5. The number of likely N-dealkylation sites (tertiary alicyclic amines) is 1. The van der Waals surface area contributed by atoms with E-state index in [0.29, 0.717) is 6.04 Å². The number of nitrogens with zero attached hydrogens (tertiary/aromatic N) is 3. The number of rotatable bonds is 9. The van der Waals surface area contributed by atoms with E-state index in [0.717, 1.165) is 88.8 Å². The van der Waals surface area contributed by atoms with E-state index >= 15 is 0 Å². The Morgan fingerprint density at radius 2 is 1.97 bits per heavy atom. The van der Waals surface area contributed by atoms with Gasteiger partial charge in [-0.1, -0.05) is 12.1 Å². The van der Waals surface area contributed by atoms with Gasteiger partial charge in [-0.05, 0) is 63.9 Å². The second-order valence-corrected chi connectivity index (χ2v) is 8.47. The van der Waals surface area contributed by atoms with Crippen LogP contribution in [-0.2, 0) is 4.79 Å². The third kappa shape index (κ3) is 6.75. The van der Waals surface area contributed by atoms with Crippen molar-refractivity contribution < 1.29 is 9.53 Å². The smallest absolute Gasteiger partial charge is 0.220 e. The maximum atomic E-state index is 11.3. The number of carbonyl (C=O) groups excluding carboxylic acids is 1. The van der Waals surface area contributed by atoms with Gasteiger partial charge in [0.15, 0.2) is 5.96 Å². The number of hydrogen-bond donors (Lipinski definition) is 3. The lowest BCUT2D eigenvalue weighted by Crippen LogP contribution is -2.45. The second-order valence-electron chi connectivity index (χ2n) is 8.47. The van der Waals surface area contributed by atoms with Crippen molar-refractivity contribution in [3.8, 4) is 5.75 Å². The molecule has 0 radical (unpaired) electrons. The zero-order valence-electron chi connectivity index (χ0n) is 19.0. The standard InChI is InChI=1S/C23H38N6O2/c1-25-23(26-12-5-6-13-28-14-9-18(10-15-28)22(24)30)27-19-11-16-29(17-19)20-7-3-4-8-21(20)31-2/h3-4,7-8,18-19H,5-6,9-17H2,1-2H3,(H2,24,30)(H2,25,26,27). The number of piperidine rings is 1. The Balaban J connectivity index is 1.32. The van der Waals surface area contributed by atoms with Crippen molar-refractivity contribution >= 4 is 17.6 Å². The van der Waals surface area contributed by atoms with Crippen LogP contribution in [0.2, 0.25) is 0 Å². The number of benzene rings is 1. The molecule has 3 rings (SSSR count). The van der Waals surface area contributed by atoms with Crippen LogP contribution in [0.25, 0.3) is 0 Å². The van der Waals surface area contributed by atoms with E-state index in [1.54, 1.807) is 7.11 Å². The molecule has 1 unspecified atom stereocenters. The molecule has 2 fully saturated rings. The second kappa shape index (κ2) is 11.8. The Morgan fingerprint density at radius 1 is 1.19 bits per heavy atom. The van der Waals surface area contributed by atoms with Crippen LogP contribution in [0.1, 0.15) is 32.1 Å². The topological polar surface area (TPSA) is 95.2 Å². The molecule has 31 heavy (non-hydrogen) atoms. The molecule has 172 valence electrons. The zero-order chi connectivity index (χ0) is 22.1. The van der Waals surface area contributed by atoms with E-state index in [4.69, 9.17) is 10.5 Å². The van der Waals surface area contributed by atoms with Gasteiger partial charge in [0.2, 0.25) is 5.91 Å². The molecule has 2 heterocycles. The minimum absolute atomic E-state index is 0.0711. The number of methoxy groups -OCH3 is 1. The number of nitrogens with one attached hydrogen (secondary N) is 2. The fourth-order valence-corrected chi connectivity index (χ4v) is 4.48. The predicted molar refractivity (Wildman–Crippen MR) is 126 cm³/mol. The van der Waals surface area contributed by atoms with Gasteiger partial charge in [-0.15, -0.1) is 0 Å². The van der Waals surface area contributed by atoms with Crippen LogP contribution in [0.15, 0.2) is 29.3 Å². The SMILES string of the molecule is CN=C(NCCCCN1CCC(C(N)=O)CC1)NC1CCN(c2ccccc2OC)C1. The third-order valence-electron chi connectivity index (χ3n) is 6.36. The molecule has 1 aromatic rings. The molecular weight excluding hydrogens is 392 g/mol. The van der Waals surface area contributed by atoms with Crippen molar-refractivity contribution in [3.05, 3.63) is 24.3 Å². The molecule has 1 aromatic carbocycles. The van der Waals surface area contributed by atoms with Gasteiger partial charge in [0.25, 0.3) is 0 Å². The summed E-state index contributed by atoms with van der Waals surface area (Å²) < 4.78 is 5.51. The van der Waals surface area contributed by atoms with Gasteiger partial charge in [0.05, 0.1) is 12.8 Å². The molecule has 4 N–H and O–H groups in total. The number of carbonyl (C=O) groups is 1. The number of primary amides is 1. The number of unbranched alkanes of at least 4 members (excludes halogenated alkanes) is 1. The monoisotopic (exact) mass is 430 g/mol. The quantitative estimate of drug-likeness (QED) is 0.312. The largest absolute Gasteiger partial charge is 0.495 e. The Bertz CT molecular complexity index is 733. The molecule has 1 amide bonds. The third-order valence-corrected chi connectivity index (χ3v) is 6.36. The van der Waals surface area contributed by atoms with E-state index in [2.05, 4.69) is 37.6 Å². The summed E-state index contributed by atoms with van der Waals surface area (Å²) in [6.45, 7) is 5.88. The number of amides is 1. The van der Waals surface area contributed by atoms with E-state index in [1.165, 1.54) is 0 Å². The van der Waals surface area contributed by atoms with Crippen LogP contribution in [0.4, 0.5) is 5.69 Å². The number of anilines is 1. The molecule has 0 bridgehead atoms. The molecule has 0 aromatic heterocycles. The Labute approximate surface area is 186 Å². The maximum Gasteiger partial charge on any atom is 0.220 e. The molecule has 2 saturated heterocycles. The number of ether oxygens (including phenoxy) is 1. The first-order valence-electron chi connectivity index (χ1n) is 11.5. The summed E-state index contributed by atoms with van der Waals surface area (Å²) in [5, 5.41) is 7.01. The number of para-hydroxylation sites is 2. The first-order valence-corrected chi connectivity index (χ1v) is 11.5. The summed E-state index contributed by atoms with van der Waals surface area (Å²) in [5.74, 6) is 1.72. The molecule has 0 spiro atoms. The van der Waals surface area contributed by atoms with Gasteiger partial charge in [0.1, 0.15) is 5.75 Å². The first kappa shape index (κ1) is 23.2. The predicted octanol–water partition coefficient (Wildman–Crippen LogP) is 1.42. The van der Waals surface area contributed by atoms with Gasteiger partial charge in [-0.3, -0.25) is 9.79 Å². The highest BCUT2D eigenvalue weighted by Gasteiger charge is 2.25. The first-order chi connectivity index (χ1) is 15.1. The summed E-state index contributed by atoms with van der Waals surface area (Å²) in [6.07, 6.45) is 5.10. The molecule has 8 heteroatoms. The minimum atomic E-state index is -0.143. The highest BCUT2D eigenvalue weighted by atomic mass is 16.5. The summed E-state index contributed by atoms with van der Waals surface area (Å²) in [6, 6.07) is 8.55. The highest BCUT2D eigenvalue weighted by molar-refractivity contribution is 5.80. The van der Waals surface area contributed by atoms with Crippen molar-refractivity contribution in [3.63, 3.8) is 0 Å². The molecular formula is C23H38N6O2. The van der Waals surface area contributed by atoms with E-state index < -0.39 is 0 Å². The average Bonchev–Trinajstić information content (AvgIpc) is 3.26. The van der Waals surface area contributed by atoms with Crippen LogP contribution < -0.4 is 26.0 Å². The number of guanidine groups is 1. The lowest BCUT2D eigenvalue weighted by atomic mass is 9.96. The van der Waals surface area contributed by atoms with E-state index in [-0.39, 0.29) is 11.8 Å². The Hall–Kier alpha value is -2.48. The van der Waals surface area contributed by atoms with Crippen molar-refractivity contribution in [2.24, 2.45) is 16.6 Å². The van der Waals surface area contributed by atoms with Crippen LogP contribution in [0.3, 0.4) is 0 Å². The summed E-state index contributed by atoms with van der Waals surface area (Å²) in [4.78, 5) is 20.5. The maximum absolute atomic E-state index is 11.3. The molecule has 0 saturated carbocycles. The summed E-state index contributed by atoms with van der Waals surface area (Å²) >= 11 is 0. The molecule has 1 atom stereocenters. The van der Waals surface area contributed by atoms with Gasteiger partial charge >= 0.3 is 0 Å². The van der Waals surface area contributed by atoms with Crippen LogP contribution >= 0.6 is 0 Å². The summed E-state index contributed by atoms with van der Waals surface area (Å²) in [5.41, 5.74) is 6.56. The Kier molecular flexibility index (Phi) is 8.82. The van der Waals surface area contributed by atoms with Crippen LogP contribution in [0.5, 0.6) is 5.75 Å². The van der Waals surface area contributed by atoms with Crippen molar-refractivity contribution in [1.82, 2.24) is 15.5 Å². The molecule has 8 nitrogen and oxygen atoms in total. The fourth-order valence-electron chi connectivity index (χ4n) is 4.48. The molecule has 2 aliphatic rings. The average molecular weight is 431 g/mol. The normalized spacial score (nSPS) is 20.6. The van der Waals surface area contributed by atoms with E-state index in [1.807, 2.05) is 19.2 Å². The lowest BCUT2D eigenvalue weighted by molar-refractivity contribution is -0.123. The molecule has 2 aliphatic heterocycles. The van der Waals surface area contributed by atoms with Gasteiger partial charge in [0, 0.05) is 38.6 Å². The zero-order valence-corrected chi connectivity index (χ0v) is 19.0. The van der Waals surface area contributed by atoms with E-state index in [9.17, 15) is 4.79 Å². The van der Waals surface area contributed by atoms with Crippen LogP contribution in [-0.4, -0.2) is 76.2 Å². The van der Waals surface area contributed by atoms with Gasteiger partial charge < -0.3 is 30.9 Å². The summed E-state index contributed by atoms with van der Waals surface area (Å²) in [7, 11) is 3.55.